The summed E-state index contributed by atoms with van der Waals surface area (Å²) >= 11 is 0. The second-order valence-corrected chi connectivity index (χ2v) is 7.60. The van der Waals surface area contributed by atoms with Gasteiger partial charge in [0.05, 0.1) is 0 Å². The minimum atomic E-state index is 0.176. The summed E-state index contributed by atoms with van der Waals surface area (Å²) in [6.45, 7) is 5.71. The van der Waals surface area contributed by atoms with Gasteiger partial charge in [0.2, 0.25) is 11.8 Å². The largest absolute Gasteiger partial charge is 0.342 e. The molecule has 2 heterocycles. The molecule has 1 aromatic heterocycles. The molecule has 4 rings (SSSR count). The molecule has 0 unspecified atom stereocenters. The van der Waals surface area contributed by atoms with Crippen molar-refractivity contribution in [2.24, 2.45) is 5.92 Å². The Balaban J connectivity index is 1.32. The Labute approximate surface area is 148 Å². The van der Waals surface area contributed by atoms with Crippen LogP contribution < -0.4 is 0 Å². The van der Waals surface area contributed by atoms with E-state index in [9.17, 15) is 4.79 Å². The van der Waals surface area contributed by atoms with Crippen LogP contribution in [0.15, 0.2) is 34.9 Å². The van der Waals surface area contributed by atoms with E-state index in [0.717, 1.165) is 44.1 Å². The summed E-state index contributed by atoms with van der Waals surface area (Å²) in [6, 6.07) is 10.4. The average molecular weight is 339 g/mol. The lowest BCUT2D eigenvalue weighted by atomic mass is 9.96. The van der Waals surface area contributed by atoms with Crippen molar-refractivity contribution in [2.75, 3.05) is 13.1 Å². The molecule has 1 saturated carbocycles. The minimum Gasteiger partial charge on any atom is -0.342 e. The van der Waals surface area contributed by atoms with E-state index >= 15 is 0 Å². The standard InChI is InChI=1S/C20H25N3O2/c1-13(2)18-21-19(25-22-18)15-8-10-23(11-9-15)20(24)17-12-16(17)14-6-4-3-5-7-14/h3-7,13,15-17H,8-12H2,1-2H3/t16-,17-/m0/s1. The first-order chi connectivity index (χ1) is 12.1. The zero-order chi connectivity index (χ0) is 17.4. The maximum absolute atomic E-state index is 12.8. The summed E-state index contributed by atoms with van der Waals surface area (Å²) < 4.78 is 5.43. The Morgan fingerprint density at radius 2 is 1.92 bits per heavy atom. The SMILES string of the molecule is CC(C)c1noc(C2CCN(C(=O)[C@H]3C[C@H]3c3ccccc3)CC2)n1. The maximum atomic E-state index is 12.8. The van der Waals surface area contributed by atoms with E-state index < -0.39 is 0 Å². The van der Waals surface area contributed by atoms with Crippen LogP contribution in [0.2, 0.25) is 0 Å². The van der Waals surface area contributed by atoms with Gasteiger partial charge in [-0.2, -0.15) is 4.98 Å². The van der Waals surface area contributed by atoms with Crippen molar-refractivity contribution >= 4 is 5.91 Å². The highest BCUT2D eigenvalue weighted by atomic mass is 16.5. The highest BCUT2D eigenvalue weighted by Crippen LogP contribution is 2.48. The highest BCUT2D eigenvalue weighted by Gasteiger charge is 2.46. The van der Waals surface area contributed by atoms with Crippen LogP contribution in [0.5, 0.6) is 0 Å². The van der Waals surface area contributed by atoms with Gasteiger partial charge in [-0.3, -0.25) is 4.79 Å². The molecule has 2 aromatic rings. The first-order valence-electron chi connectivity index (χ1n) is 9.30. The second kappa shape index (κ2) is 6.62. The molecule has 2 aliphatic rings. The van der Waals surface area contributed by atoms with Gasteiger partial charge in [-0.05, 0) is 30.7 Å². The summed E-state index contributed by atoms with van der Waals surface area (Å²) in [5.74, 6) is 2.99. The fourth-order valence-electron chi connectivity index (χ4n) is 3.77. The molecule has 25 heavy (non-hydrogen) atoms. The lowest BCUT2D eigenvalue weighted by Gasteiger charge is -2.30. The molecule has 1 aromatic carbocycles. The van der Waals surface area contributed by atoms with Crippen LogP contribution in [-0.2, 0) is 4.79 Å². The molecule has 1 aliphatic heterocycles. The molecular weight excluding hydrogens is 314 g/mol. The van der Waals surface area contributed by atoms with Crippen molar-refractivity contribution < 1.29 is 9.32 Å². The molecule has 1 aliphatic carbocycles. The van der Waals surface area contributed by atoms with Crippen LogP contribution in [0.1, 0.15) is 68.1 Å². The van der Waals surface area contributed by atoms with Crippen molar-refractivity contribution in [3.05, 3.63) is 47.6 Å². The zero-order valence-corrected chi connectivity index (χ0v) is 14.9. The Hall–Kier alpha value is -2.17. The number of nitrogens with zero attached hydrogens (tertiary/aromatic N) is 3. The summed E-state index contributed by atoms with van der Waals surface area (Å²) in [4.78, 5) is 19.3. The quantitative estimate of drug-likeness (QED) is 0.852. The molecule has 2 atom stereocenters. The Kier molecular flexibility index (Phi) is 4.32. The fraction of sp³-hybridized carbons (Fsp3) is 0.550. The van der Waals surface area contributed by atoms with Gasteiger partial charge in [-0.25, -0.2) is 0 Å². The van der Waals surface area contributed by atoms with Gasteiger partial charge >= 0.3 is 0 Å². The number of likely N-dealkylation sites (tertiary alicyclic amines) is 1. The number of rotatable bonds is 4. The van der Waals surface area contributed by atoms with Crippen LogP contribution in [0.4, 0.5) is 0 Å². The molecule has 5 heteroatoms. The number of hydrogen-bond donors (Lipinski definition) is 0. The van der Waals surface area contributed by atoms with Gasteiger partial charge in [-0.15, -0.1) is 0 Å². The van der Waals surface area contributed by atoms with E-state index in [4.69, 9.17) is 4.52 Å². The van der Waals surface area contributed by atoms with Crippen LogP contribution >= 0.6 is 0 Å². The zero-order valence-electron chi connectivity index (χ0n) is 14.9. The van der Waals surface area contributed by atoms with Gasteiger partial charge in [-0.1, -0.05) is 49.3 Å². The molecule has 0 radical (unpaired) electrons. The van der Waals surface area contributed by atoms with Crippen molar-refractivity contribution in [1.29, 1.82) is 0 Å². The van der Waals surface area contributed by atoms with Gasteiger partial charge in [0.15, 0.2) is 5.82 Å². The summed E-state index contributed by atoms with van der Waals surface area (Å²) in [6.07, 6.45) is 2.81. The van der Waals surface area contributed by atoms with E-state index in [0.29, 0.717) is 11.8 Å². The van der Waals surface area contributed by atoms with E-state index in [1.807, 2.05) is 11.0 Å². The third-order valence-corrected chi connectivity index (χ3v) is 5.47. The molecule has 2 fully saturated rings. The van der Waals surface area contributed by atoms with E-state index in [-0.39, 0.29) is 17.8 Å². The van der Waals surface area contributed by atoms with Crippen LogP contribution in [0, 0.1) is 5.92 Å². The lowest BCUT2D eigenvalue weighted by molar-refractivity contribution is -0.133. The number of piperidine rings is 1. The molecular formula is C20H25N3O2. The molecule has 132 valence electrons. The van der Waals surface area contributed by atoms with Crippen molar-refractivity contribution in [3.63, 3.8) is 0 Å². The maximum Gasteiger partial charge on any atom is 0.229 e. The molecule has 0 N–H and O–H groups in total. The van der Waals surface area contributed by atoms with Crippen LogP contribution in [-0.4, -0.2) is 34.0 Å². The third-order valence-electron chi connectivity index (χ3n) is 5.47. The lowest BCUT2D eigenvalue weighted by Crippen LogP contribution is -2.39. The predicted molar refractivity (Wildman–Crippen MR) is 94.2 cm³/mol. The summed E-state index contributed by atoms with van der Waals surface area (Å²) in [5.41, 5.74) is 1.29. The number of aromatic nitrogens is 2. The Morgan fingerprint density at radius 1 is 1.20 bits per heavy atom. The average Bonchev–Trinajstić information content (AvgIpc) is 3.29. The van der Waals surface area contributed by atoms with Crippen LogP contribution in [0.3, 0.4) is 0 Å². The van der Waals surface area contributed by atoms with Crippen molar-refractivity contribution in [3.8, 4) is 0 Å². The minimum absolute atomic E-state index is 0.176. The van der Waals surface area contributed by atoms with Gasteiger partial charge in [0.25, 0.3) is 0 Å². The Bertz CT molecular complexity index is 732. The molecule has 1 amide bonds. The number of carbonyl (C=O) groups is 1. The molecule has 1 saturated heterocycles. The van der Waals surface area contributed by atoms with Crippen LogP contribution in [0.25, 0.3) is 0 Å². The smallest absolute Gasteiger partial charge is 0.229 e. The van der Waals surface area contributed by atoms with E-state index in [2.05, 4.69) is 48.3 Å². The molecule has 5 nitrogen and oxygen atoms in total. The summed E-state index contributed by atoms with van der Waals surface area (Å²) in [7, 11) is 0. The monoisotopic (exact) mass is 339 g/mol. The van der Waals surface area contributed by atoms with E-state index in [1.54, 1.807) is 0 Å². The second-order valence-electron chi connectivity index (χ2n) is 7.60. The van der Waals surface area contributed by atoms with Crippen molar-refractivity contribution in [1.82, 2.24) is 15.0 Å². The fourth-order valence-corrected chi connectivity index (χ4v) is 3.77. The number of amides is 1. The number of carbonyl (C=O) groups excluding carboxylic acids is 1. The predicted octanol–water partition coefficient (Wildman–Crippen LogP) is 3.70. The van der Waals surface area contributed by atoms with Gasteiger partial charge in [0.1, 0.15) is 0 Å². The van der Waals surface area contributed by atoms with Crippen molar-refractivity contribution in [2.45, 2.75) is 50.9 Å². The molecule has 0 spiro atoms. The number of hydrogen-bond acceptors (Lipinski definition) is 4. The summed E-state index contributed by atoms with van der Waals surface area (Å²) in [5, 5.41) is 4.06. The van der Waals surface area contributed by atoms with E-state index in [1.165, 1.54) is 5.56 Å². The first-order valence-corrected chi connectivity index (χ1v) is 9.30. The Morgan fingerprint density at radius 3 is 2.56 bits per heavy atom. The molecule has 0 bridgehead atoms. The highest BCUT2D eigenvalue weighted by molar-refractivity contribution is 5.83. The first kappa shape index (κ1) is 16.3. The third kappa shape index (κ3) is 3.32. The van der Waals surface area contributed by atoms with Gasteiger partial charge in [0, 0.05) is 30.8 Å². The number of benzene rings is 1. The van der Waals surface area contributed by atoms with Gasteiger partial charge < -0.3 is 9.42 Å². The topological polar surface area (TPSA) is 59.2 Å². The normalized spacial score (nSPS) is 23.9.